The fourth-order valence-corrected chi connectivity index (χ4v) is 2.52. The first-order chi connectivity index (χ1) is 7.06. The van der Waals surface area contributed by atoms with Crippen LogP contribution in [0.5, 0.6) is 0 Å². The quantitative estimate of drug-likeness (QED) is 0.721. The third kappa shape index (κ3) is 3.08. The molecule has 0 bridgehead atoms. The van der Waals surface area contributed by atoms with Gasteiger partial charge in [-0.1, -0.05) is 26.0 Å². The SMILES string of the molecule is C=C(CC)C1CCC(C(C)C(=O)O)CC1. The molecule has 1 rings (SSSR count). The molecule has 0 aromatic rings. The van der Waals surface area contributed by atoms with E-state index in [0.717, 1.165) is 32.1 Å². The van der Waals surface area contributed by atoms with Crippen LogP contribution in [-0.2, 0) is 4.79 Å². The molecule has 2 nitrogen and oxygen atoms in total. The molecular formula is C13H22O2. The number of hydrogen-bond acceptors (Lipinski definition) is 1. The van der Waals surface area contributed by atoms with Gasteiger partial charge in [0.05, 0.1) is 5.92 Å². The summed E-state index contributed by atoms with van der Waals surface area (Å²) in [5.74, 6) is 0.198. The highest BCUT2D eigenvalue weighted by molar-refractivity contribution is 5.69. The molecule has 1 N–H and O–H groups in total. The first-order valence-corrected chi connectivity index (χ1v) is 5.96. The number of carbonyl (C=O) groups is 1. The van der Waals surface area contributed by atoms with Crippen molar-refractivity contribution in [1.82, 2.24) is 0 Å². The van der Waals surface area contributed by atoms with Crippen molar-refractivity contribution in [2.24, 2.45) is 17.8 Å². The van der Waals surface area contributed by atoms with E-state index in [9.17, 15) is 4.79 Å². The van der Waals surface area contributed by atoms with Crippen LogP contribution in [0.3, 0.4) is 0 Å². The summed E-state index contributed by atoms with van der Waals surface area (Å²) in [6.07, 6.45) is 5.43. The van der Waals surface area contributed by atoms with Gasteiger partial charge in [0.1, 0.15) is 0 Å². The van der Waals surface area contributed by atoms with Crippen molar-refractivity contribution in [3.63, 3.8) is 0 Å². The molecule has 0 aromatic carbocycles. The zero-order chi connectivity index (χ0) is 11.4. The first kappa shape index (κ1) is 12.3. The van der Waals surface area contributed by atoms with E-state index in [4.69, 9.17) is 5.11 Å². The fourth-order valence-electron chi connectivity index (χ4n) is 2.52. The van der Waals surface area contributed by atoms with E-state index in [-0.39, 0.29) is 5.92 Å². The van der Waals surface area contributed by atoms with Crippen molar-refractivity contribution in [2.75, 3.05) is 0 Å². The summed E-state index contributed by atoms with van der Waals surface area (Å²) in [7, 11) is 0. The maximum absolute atomic E-state index is 10.9. The standard InChI is InChI=1S/C13H22O2/c1-4-9(2)11-5-7-12(8-6-11)10(3)13(14)15/h10-12H,2,4-8H2,1,3H3,(H,14,15). The summed E-state index contributed by atoms with van der Waals surface area (Å²) >= 11 is 0. The Labute approximate surface area is 92.4 Å². The summed E-state index contributed by atoms with van der Waals surface area (Å²) in [5, 5.41) is 8.94. The molecule has 0 spiro atoms. The van der Waals surface area contributed by atoms with Crippen molar-refractivity contribution < 1.29 is 9.90 Å². The van der Waals surface area contributed by atoms with Crippen LogP contribution in [0, 0.1) is 17.8 Å². The maximum Gasteiger partial charge on any atom is 0.306 e. The van der Waals surface area contributed by atoms with Gasteiger partial charge >= 0.3 is 5.97 Å². The lowest BCUT2D eigenvalue weighted by atomic mass is 9.74. The van der Waals surface area contributed by atoms with E-state index < -0.39 is 5.97 Å². The van der Waals surface area contributed by atoms with Crippen molar-refractivity contribution in [1.29, 1.82) is 0 Å². The molecule has 1 aliphatic rings. The minimum Gasteiger partial charge on any atom is -0.481 e. The van der Waals surface area contributed by atoms with Crippen LogP contribution in [0.4, 0.5) is 0 Å². The van der Waals surface area contributed by atoms with Crippen molar-refractivity contribution in [2.45, 2.75) is 46.0 Å². The summed E-state index contributed by atoms with van der Waals surface area (Å²) in [6.45, 7) is 8.07. The van der Waals surface area contributed by atoms with Crippen LogP contribution in [0.15, 0.2) is 12.2 Å². The van der Waals surface area contributed by atoms with Gasteiger partial charge in [-0.25, -0.2) is 0 Å². The number of carboxylic acid groups (broad SMARTS) is 1. The van der Waals surface area contributed by atoms with Crippen LogP contribution in [0.1, 0.15) is 46.0 Å². The Morgan fingerprint density at radius 1 is 1.40 bits per heavy atom. The lowest BCUT2D eigenvalue weighted by Crippen LogP contribution is -2.25. The maximum atomic E-state index is 10.9. The lowest BCUT2D eigenvalue weighted by Gasteiger charge is -2.31. The largest absolute Gasteiger partial charge is 0.481 e. The second-order valence-electron chi connectivity index (χ2n) is 4.75. The molecule has 0 radical (unpaired) electrons. The molecular weight excluding hydrogens is 188 g/mol. The van der Waals surface area contributed by atoms with Crippen molar-refractivity contribution in [3.05, 3.63) is 12.2 Å². The van der Waals surface area contributed by atoms with Gasteiger partial charge in [0, 0.05) is 0 Å². The van der Waals surface area contributed by atoms with Gasteiger partial charge in [0.15, 0.2) is 0 Å². The summed E-state index contributed by atoms with van der Waals surface area (Å²) in [4.78, 5) is 10.9. The van der Waals surface area contributed by atoms with Gasteiger partial charge < -0.3 is 5.11 Å². The molecule has 0 saturated heterocycles. The molecule has 2 heteroatoms. The van der Waals surface area contributed by atoms with Crippen LogP contribution in [-0.4, -0.2) is 11.1 Å². The fraction of sp³-hybridized carbons (Fsp3) is 0.769. The molecule has 15 heavy (non-hydrogen) atoms. The highest BCUT2D eigenvalue weighted by atomic mass is 16.4. The Morgan fingerprint density at radius 2 is 1.93 bits per heavy atom. The minimum atomic E-state index is -0.646. The second kappa shape index (κ2) is 5.34. The number of aliphatic carboxylic acids is 1. The number of allylic oxidation sites excluding steroid dienone is 1. The summed E-state index contributed by atoms with van der Waals surface area (Å²) < 4.78 is 0. The van der Waals surface area contributed by atoms with Crippen molar-refractivity contribution >= 4 is 5.97 Å². The van der Waals surface area contributed by atoms with E-state index in [0.29, 0.717) is 11.8 Å². The van der Waals surface area contributed by atoms with Crippen LogP contribution >= 0.6 is 0 Å². The number of rotatable bonds is 4. The molecule has 1 unspecified atom stereocenters. The van der Waals surface area contributed by atoms with Crippen LogP contribution < -0.4 is 0 Å². The third-order valence-corrected chi connectivity index (χ3v) is 3.90. The summed E-state index contributed by atoms with van der Waals surface area (Å²) in [5.41, 5.74) is 1.34. The van der Waals surface area contributed by atoms with Gasteiger partial charge in [0.2, 0.25) is 0 Å². The molecule has 1 aliphatic carbocycles. The molecule has 0 amide bonds. The van der Waals surface area contributed by atoms with Gasteiger partial charge in [-0.3, -0.25) is 4.79 Å². The molecule has 86 valence electrons. The van der Waals surface area contributed by atoms with Gasteiger partial charge in [-0.15, -0.1) is 0 Å². The van der Waals surface area contributed by atoms with E-state index in [1.165, 1.54) is 5.57 Å². The predicted octanol–water partition coefficient (Wildman–Crippen LogP) is 3.48. The Bertz CT molecular complexity index is 237. The molecule has 0 heterocycles. The highest BCUT2D eigenvalue weighted by Gasteiger charge is 2.29. The Balaban J connectivity index is 2.42. The average Bonchev–Trinajstić information content (AvgIpc) is 2.27. The van der Waals surface area contributed by atoms with Crippen molar-refractivity contribution in [3.8, 4) is 0 Å². The predicted molar refractivity (Wildman–Crippen MR) is 61.7 cm³/mol. The Morgan fingerprint density at radius 3 is 2.33 bits per heavy atom. The van der Waals surface area contributed by atoms with Crippen LogP contribution in [0.2, 0.25) is 0 Å². The van der Waals surface area contributed by atoms with Gasteiger partial charge in [-0.05, 0) is 43.9 Å². The van der Waals surface area contributed by atoms with Crippen LogP contribution in [0.25, 0.3) is 0 Å². The Kier molecular flexibility index (Phi) is 4.37. The third-order valence-electron chi connectivity index (χ3n) is 3.90. The van der Waals surface area contributed by atoms with E-state index >= 15 is 0 Å². The normalized spacial score (nSPS) is 28.4. The lowest BCUT2D eigenvalue weighted by molar-refractivity contribution is -0.143. The minimum absolute atomic E-state index is 0.180. The second-order valence-corrected chi connectivity index (χ2v) is 4.75. The van der Waals surface area contributed by atoms with E-state index in [2.05, 4.69) is 13.5 Å². The van der Waals surface area contributed by atoms with Gasteiger partial charge in [-0.2, -0.15) is 0 Å². The van der Waals surface area contributed by atoms with E-state index in [1.54, 1.807) is 0 Å². The number of carboxylic acids is 1. The molecule has 0 aromatic heterocycles. The zero-order valence-corrected chi connectivity index (χ0v) is 9.83. The Hall–Kier alpha value is -0.790. The first-order valence-electron chi connectivity index (χ1n) is 5.96. The topological polar surface area (TPSA) is 37.3 Å². The van der Waals surface area contributed by atoms with Gasteiger partial charge in [0.25, 0.3) is 0 Å². The number of hydrogen-bond donors (Lipinski definition) is 1. The summed E-state index contributed by atoms with van der Waals surface area (Å²) in [6, 6.07) is 0. The van der Waals surface area contributed by atoms with E-state index in [1.807, 2.05) is 6.92 Å². The monoisotopic (exact) mass is 210 g/mol. The highest BCUT2D eigenvalue weighted by Crippen LogP contribution is 2.37. The molecule has 1 saturated carbocycles. The average molecular weight is 210 g/mol. The smallest absolute Gasteiger partial charge is 0.306 e. The molecule has 0 aliphatic heterocycles. The molecule has 1 atom stereocenters. The molecule has 1 fully saturated rings. The zero-order valence-electron chi connectivity index (χ0n) is 9.83.